The second kappa shape index (κ2) is 5.65. The molecule has 15 heavy (non-hydrogen) atoms. The first-order valence-electron chi connectivity index (χ1n) is 4.20. The molecule has 0 N–H and O–H groups in total. The molecule has 1 aromatic rings. The molecule has 0 radical (unpaired) electrons. The fraction of sp³-hybridized carbons (Fsp3) is 0. The third-order valence-electron chi connectivity index (χ3n) is 1.63. The Morgan fingerprint density at radius 1 is 1.13 bits per heavy atom. The molecule has 0 unspecified atom stereocenters. The van der Waals surface area contributed by atoms with Gasteiger partial charge in [-0.1, -0.05) is 41.9 Å². The van der Waals surface area contributed by atoms with Gasteiger partial charge in [0.2, 0.25) is 0 Å². The Labute approximate surface area is 93.3 Å². The average Bonchev–Trinajstić information content (AvgIpc) is 2.27. The Kier molecular flexibility index (Phi) is 4.16. The number of halogens is 1. The molecular formula is C12H7ClN2. The first-order valence-corrected chi connectivity index (χ1v) is 4.58. The van der Waals surface area contributed by atoms with Crippen molar-refractivity contribution in [3.8, 4) is 12.1 Å². The van der Waals surface area contributed by atoms with E-state index < -0.39 is 0 Å². The summed E-state index contributed by atoms with van der Waals surface area (Å²) in [6.07, 6.45) is 3.03. The lowest BCUT2D eigenvalue weighted by Gasteiger charge is -1.92. The van der Waals surface area contributed by atoms with E-state index in [2.05, 4.69) is 0 Å². The van der Waals surface area contributed by atoms with E-state index in [9.17, 15) is 0 Å². The van der Waals surface area contributed by atoms with Crippen molar-refractivity contribution >= 4 is 17.7 Å². The first-order chi connectivity index (χ1) is 7.26. The maximum Gasteiger partial charge on any atom is 0.131 e. The lowest BCUT2D eigenvalue weighted by atomic mass is 10.2. The Bertz CT molecular complexity index is 457. The SMILES string of the molecule is N#CC(C#N)=C/C(Cl)=C/c1ccccc1. The predicted molar refractivity (Wildman–Crippen MR) is 59.6 cm³/mol. The van der Waals surface area contributed by atoms with Crippen LogP contribution in [0.25, 0.3) is 6.08 Å². The van der Waals surface area contributed by atoms with E-state index in [0.717, 1.165) is 5.56 Å². The molecule has 0 saturated heterocycles. The van der Waals surface area contributed by atoms with Crippen LogP contribution in [0.1, 0.15) is 5.56 Å². The van der Waals surface area contributed by atoms with Crippen LogP contribution in [0.2, 0.25) is 0 Å². The number of hydrogen-bond donors (Lipinski definition) is 0. The number of nitrogens with zero attached hydrogens (tertiary/aromatic N) is 2. The van der Waals surface area contributed by atoms with E-state index in [4.69, 9.17) is 22.1 Å². The zero-order chi connectivity index (χ0) is 11.1. The summed E-state index contributed by atoms with van der Waals surface area (Å²) in [5.41, 5.74) is 0.918. The number of nitriles is 2. The molecule has 0 aliphatic heterocycles. The molecular weight excluding hydrogens is 208 g/mol. The molecule has 3 heteroatoms. The van der Waals surface area contributed by atoms with Gasteiger partial charge in [-0.15, -0.1) is 0 Å². The highest BCUT2D eigenvalue weighted by Gasteiger charge is 1.94. The van der Waals surface area contributed by atoms with Crippen LogP contribution >= 0.6 is 11.6 Å². The van der Waals surface area contributed by atoms with Gasteiger partial charge < -0.3 is 0 Å². The quantitative estimate of drug-likeness (QED) is 0.561. The molecule has 2 nitrogen and oxygen atoms in total. The highest BCUT2D eigenvalue weighted by atomic mass is 35.5. The highest BCUT2D eigenvalue weighted by molar-refractivity contribution is 6.33. The molecule has 1 rings (SSSR count). The zero-order valence-corrected chi connectivity index (χ0v) is 8.57. The number of hydrogen-bond acceptors (Lipinski definition) is 2. The fourth-order valence-corrected chi connectivity index (χ4v) is 1.21. The zero-order valence-electron chi connectivity index (χ0n) is 7.81. The van der Waals surface area contributed by atoms with Crippen LogP contribution in [0.15, 0.2) is 47.0 Å². The molecule has 0 aliphatic carbocycles. The van der Waals surface area contributed by atoms with Crippen molar-refractivity contribution in [3.05, 3.63) is 52.6 Å². The maximum atomic E-state index is 8.51. The lowest BCUT2D eigenvalue weighted by Crippen LogP contribution is -1.74. The molecule has 0 amide bonds. The first kappa shape index (κ1) is 11.0. The van der Waals surface area contributed by atoms with Crippen LogP contribution in [0, 0.1) is 22.7 Å². The fourth-order valence-electron chi connectivity index (χ4n) is 0.978. The Hall–Kier alpha value is -2.03. The van der Waals surface area contributed by atoms with Crippen molar-refractivity contribution in [1.29, 1.82) is 10.5 Å². The largest absolute Gasteiger partial charge is 0.192 e. The van der Waals surface area contributed by atoms with Gasteiger partial charge in [-0.25, -0.2) is 0 Å². The van der Waals surface area contributed by atoms with E-state index in [1.807, 2.05) is 30.3 Å². The van der Waals surface area contributed by atoms with Crippen LogP contribution in [0.3, 0.4) is 0 Å². The van der Waals surface area contributed by atoms with Crippen LogP contribution in [-0.2, 0) is 0 Å². The Morgan fingerprint density at radius 2 is 1.73 bits per heavy atom. The van der Waals surface area contributed by atoms with Gasteiger partial charge >= 0.3 is 0 Å². The van der Waals surface area contributed by atoms with Gasteiger partial charge in [0.1, 0.15) is 17.7 Å². The van der Waals surface area contributed by atoms with Crippen molar-refractivity contribution in [1.82, 2.24) is 0 Å². The van der Waals surface area contributed by atoms with Crippen LogP contribution in [0.5, 0.6) is 0 Å². The van der Waals surface area contributed by atoms with Gasteiger partial charge in [0.25, 0.3) is 0 Å². The third-order valence-corrected chi connectivity index (χ3v) is 1.85. The number of benzene rings is 1. The van der Waals surface area contributed by atoms with Crippen LogP contribution < -0.4 is 0 Å². The average molecular weight is 215 g/mol. The van der Waals surface area contributed by atoms with E-state index in [1.165, 1.54) is 6.08 Å². The summed E-state index contributed by atoms with van der Waals surface area (Å²) in [5.74, 6) is 0. The summed E-state index contributed by atoms with van der Waals surface area (Å²) in [6.45, 7) is 0. The van der Waals surface area contributed by atoms with Gasteiger partial charge in [0.05, 0.1) is 0 Å². The van der Waals surface area contributed by atoms with Crippen molar-refractivity contribution in [2.75, 3.05) is 0 Å². The molecule has 0 bridgehead atoms. The van der Waals surface area contributed by atoms with E-state index in [-0.39, 0.29) is 5.57 Å². The van der Waals surface area contributed by atoms with Crippen molar-refractivity contribution in [2.24, 2.45) is 0 Å². The topological polar surface area (TPSA) is 47.6 Å². The molecule has 0 fully saturated rings. The van der Waals surface area contributed by atoms with Crippen LogP contribution in [0.4, 0.5) is 0 Å². The second-order valence-corrected chi connectivity index (χ2v) is 3.16. The minimum absolute atomic E-state index is 0.00724. The van der Waals surface area contributed by atoms with Gasteiger partial charge in [-0.05, 0) is 17.7 Å². The summed E-state index contributed by atoms with van der Waals surface area (Å²) in [4.78, 5) is 0. The minimum atomic E-state index is -0.00724. The van der Waals surface area contributed by atoms with E-state index in [1.54, 1.807) is 18.2 Å². The van der Waals surface area contributed by atoms with Crippen molar-refractivity contribution in [2.45, 2.75) is 0 Å². The molecule has 1 aromatic carbocycles. The summed E-state index contributed by atoms with van der Waals surface area (Å²) in [6, 6.07) is 12.9. The summed E-state index contributed by atoms with van der Waals surface area (Å²) < 4.78 is 0. The smallest absolute Gasteiger partial charge is 0.131 e. The maximum absolute atomic E-state index is 8.51. The summed E-state index contributed by atoms with van der Waals surface area (Å²) >= 11 is 5.85. The summed E-state index contributed by atoms with van der Waals surface area (Å²) in [5, 5.41) is 17.4. The molecule has 0 atom stereocenters. The molecule has 0 heterocycles. The van der Waals surface area contributed by atoms with Crippen molar-refractivity contribution in [3.63, 3.8) is 0 Å². The standard InChI is InChI=1S/C12H7ClN2/c13-12(7-11(8-14)9-15)6-10-4-2-1-3-5-10/h1-7H/b12-6-. The number of allylic oxidation sites excluding steroid dienone is 3. The minimum Gasteiger partial charge on any atom is -0.192 e. The number of rotatable bonds is 2. The van der Waals surface area contributed by atoms with Gasteiger partial charge in [0, 0.05) is 5.03 Å². The molecule has 0 aromatic heterocycles. The molecule has 0 saturated carbocycles. The lowest BCUT2D eigenvalue weighted by molar-refractivity contribution is 1.46. The molecule has 0 spiro atoms. The highest BCUT2D eigenvalue weighted by Crippen LogP contribution is 2.12. The predicted octanol–water partition coefficient (Wildman–Crippen LogP) is 3.24. The van der Waals surface area contributed by atoms with E-state index >= 15 is 0 Å². The molecule has 72 valence electrons. The summed E-state index contributed by atoms with van der Waals surface area (Å²) in [7, 11) is 0. The van der Waals surface area contributed by atoms with Gasteiger partial charge in [0.15, 0.2) is 0 Å². The van der Waals surface area contributed by atoms with E-state index in [0.29, 0.717) is 5.03 Å². The molecule has 0 aliphatic rings. The Morgan fingerprint density at radius 3 is 2.27 bits per heavy atom. The Balaban J connectivity index is 2.93. The van der Waals surface area contributed by atoms with Crippen LogP contribution in [-0.4, -0.2) is 0 Å². The normalized spacial score (nSPS) is 9.93. The van der Waals surface area contributed by atoms with Gasteiger partial charge in [-0.3, -0.25) is 0 Å². The van der Waals surface area contributed by atoms with Gasteiger partial charge in [-0.2, -0.15) is 10.5 Å². The second-order valence-electron chi connectivity index (χ2n) is 2.72. The van der Waals surface area contributed by atoms with Crippen molar-refractivity contribution < 1.29 is 0 Å². The monoisotopic (exact) mass is 214 g/mol. The third kappa shape index (κ3) is 3.68.